The molecule has 0 bridgehead atoms. The maximum Gasteiger partial charge on any atom is 0.254 e. The molecule has 1 atom stereocenters. The van der Waals surface area contributed by atoms with Crippen LogP contribution in [-0.2, 0) is 0 Å². The number of amides is 1. The summed E-state index contributed by atoms with van der Waals surface area (Å²) < 4.78 is 16.1. The van der Waals surface area contributed by atoms with Gasteiger partial charge in [0.05, 0.1) is 27.4 Å². The van der Waals surface area contributed by atoms with Crippen molar-refractivity contribution in [2.24, 2.45) is 0 Å². The SMILES string of the molecule is COc1cc(C(=O)C2CCCCN2C(=O)c2ccccc2)cc(OC)c1OC. The number of methoxy groups -OCH3 is 3. The Kier molecular flexibility index (Phi) is 6.19. The van der Waals surface area contributed by atoms with Crippen LogP contribution >= 0.6 is 0 Å². The van der Waals surface area contributed by atoms with Gasteiger partial charge in [-0.2, -0.15) is 0 Å². The first-order valence-electron chi connectivity index (χ1n) is 9.31. The molecule has 1 unspecified atom stereocenters. The number of piperidine rings is 1. The molecule has 0 saturated carbocycles. The molecular formula is C22H25NO5. The topological polar surface area (TPSA) is 65.1 Å². The molecule has 1 fully saturated rings. The first kappa shape index (κ1) is 19.7. The largest absolute Gasteiger partial charge is 0.493 e. The van der Waals surface area contributed by atoms with Crippen molar-refractivity contribution >= 4 is 11.7 Å². The van der Waals surface area contributed by atoms with Crippen molar-refractivity contribution in [2.75, 3.05) is 27.9 Å². The Balaban J connectivity index is 1.94. The van der Waals surface area contributed by atoms with Crippen LogP contribution in [0.3, 0.4) is 0 Å². The van der Waals surface area contributed by atoms with Gasteiger partial charge in [-0.1, -0.05) is 18.2 Å². The lowest BCUT2D eigenvalue weighted by Crippen LogP contribution is -2.48. The van der Waals surface area contributed by atoms with Crippen molar-refractivity contribution in [1.82, 2.24) is 4.90 Å². The summed E-state index contributed by atoms with van der Waals surface area (Å²) in [6, 6.07) is 11.8. The van der Waals surface area contributed by atoms with E-state index in [0.29, 0.717) is 41.3 Å². The molecule has 6 nitrogen and oxygen atoms in total. The lowest BCUT2D eigenvalue weighted by Gasteiger charge is -2.35. The maximum atomic E-state index is 13.3. The second kappa shape index (κ2) is 8.78. The molecule has 0 spiro atoms. The van der Waals surface area contributed by atoms with Crippen LogP contribution in [-0.4, -0.2) is 50.5 Å². The van der Waals surface area contributed by atoms with Gasteiger partial charge in [0.2, 0.25) is 5.75 Å². The number of Topliss-reactive ketones (excluding diaryl/α,β-unsaturated/α-hetero) is 1. The number of ether oxygens (including phenoxy) is 3. The fraction of sp³-hybridized carbons (Fsp3) is 0.364. The van der Waals surface area contributed by atoms with Crippen LogP contribution in [0.1, 0.15) is 40.0 Å². The molecule has 1 aliphatic heterocycles. The van der Waals surface area contributed by atoms with Crippen LogP contribution < -0.4 is 14.2 Å². The lowest BCUT2D eigenvalue weighted by molar-refractivity contribution is 0.0547. The lowest BCUT2D eigenvalue weighted by atomic mass is 9.93. The third kappa shape index (κ3) is 3.81. The molecule has 2 aromatic carbocycles. The van der Waals surface area contributed by atoms with Crippen molar-refractivity contribution < 1.29 is 23.8 Å². The maximum absolute atomic E-state index is 13.3. The molecule has 0 radical (unpaired) electrons. The average molecular weight is 383 g/mol. The summed E-state index contributed by atoms with van der Waals surface area (Å²) >= 11 is 0. The second-order valence-electron chi connectivity index (χ2n) is 6.65. The van der Waals surface area contributed by atoms with E-state index in [9.17, 15) is 9.59 Å². The molecule has 2 aromatic rings. The smallest absolute Gasteiger partial charge is 0.254 e. The summed E-state index contributed by atoms with van der Waals surface area (Å²) in [5.74, 6) is 1.03. The zero-order valence-electron chi connectivity index (χ0n) is 16.4. The summed E-state index contributed by atoms with van der Waals surface area (Å²) in [6.07, 6.45) is 2.42. The van der Waals surface area contributed by atoms with Gasteiger partial charge < -0.3 is 19.1 Å². The Morgan fingerprint density at radius 1 is 0.893 bits per heavy atom. The molecule has 0 N–H and O–H groups in total. The first-order valence-corrected chi connectivity index (χ1v) is 9.31. The van der Waals surface area contributed by atoms with Crippen LogP contribution in [0.2, 0.25) is 0 Å². The van der Waals surface area contributed by atoms with Gasteiger partial charge in [0.1, 0.15) is 0 Å². The minimum absolute atomic E-state index is 0.119. The third-order valence-electron chi connectivity index (χ3n) is 5.04. The average Bonchev–Trinajstić information content (AvgIpc) is 2.77. The Bertz CT molecular complexity index is 824. The number of nitrogens with zero attached hydrogens (tertiary/aromatic N) is 1. The monoisotopic (exact) mass is 383 g/mol. The van der Waals surface area contributed by atoms with Gasteiger partial charge in [0.15, 0.2) is 17.3 Å². The van der Waals surface area contributed by atoms with Gasteiger partial charge in [-0.05, 0) is 43.5 Å². The summed E-state index contributed by atoms with van der Waals surface area (Å²) in [5.41, 5.74) is 1.03. The number of benzene rings is 2. The van der Waals surface area contributed by atoms with E-state index in [1.807, 2.05) is 18.2 Å². The molecule has 148 valence electrons. The standard InChI is InChI=1S/C22H25NO5/c1-26-18-13-16(14-19(27-2)21(18)28-3)20(24)17-11-7-8-12-23(17)22(25)15-9-5-4-6-10-15/h4-6,9-10,13-14,17H,7-8,11-12H2,1-3H3. The highest BCUT2D eigenvalue weighted by molar-refractivity contribution is 6.05. The number of carbonyl (C=O) groups excluding carboxylic acids is 2. The Morgan fingerprint density at radius 2 is 1.54 bits per heavy atom. The predicted molar refractivity (Wildman–Crippen MR) is 106 cm³/mol. The summed E-state index contributed by atoms with van der Waals surface area (Å²) in [7, 11) is 4.54. The van der Waals surface area contributed by atoms with E-state index in [1.54, 1.807) is 29.2 Å². The van der Waals surface area contributed by atoms with Crippen molar-refractivity contribution in [3.8, 4) is 17.2 Å². The van der Waals surface area contributed by atoms with Gasteiger partial charge in [0, 0.05) is 17.7 Å². The molecule has 0 aliphatic carbocycles. The number of hydrogen-bond donors (Lipinski definition) is 0. The van der Waals surface area contributed by atoms with Crippen LogP contribution in [0.15, 0.2) is 42.5 Å². The van der Waals surface area contributed by atoms with E-state index in [1.165, 1.54) is 21.3 Å². The number of carbonyl (C=O) groups is 2. The fourth-order valence-corrected chi connectivity index (χ4v) is 3.61. The quantitative estimate of drug-likeness (QED) is 0.713. The zero-order valence-corrected chi connectivity index (χ0v) is 16.4. The van der Waals surface area contributed by atoms with Crippen molar-refractivity contribution in [2.45, 2.75) is 25.3 Å². The number of likely N-dealkylation sites (tertiary alicyclic amines) is 1. The van der Waals surface area contributed by atoms with Gasteiger partial charge in [-0.15, -0.1) is 0 Å². The van der Waals surface area contributed by atoms with Crippen molar-refractivity contribution in [3.05, 3.63) is 53.6 Å². The third-order valence-corrected chi connectivity index (χ3v) is 5.04. The van der Waals surface area contributed by atoms with Crippen molar-refractivity contribution in [1.29, 1.82) is 0 Å². The van der Waals surface area contributed by atoms with Gasteiger partial charge in [-0.3, -0.25) is 9.59 Å². The predicted octanol–water partition coefficient (Wildman–Crippen LogP) is 3.59. The molecule has 6 heteroatoms. The van der Waals surface area contributed by atoms with Crippen LogP contribution in [0.4, 0.5) is 0 Å². The van der Waals surface area contributed by atoms with E-state index in [4.69, 9.17) is 14.2 Å². The zero-order chi connectivity index (χ0) is 20.1. The van der Waals surface area contributed by atoms with Gasteiger partial charge in [-0.25, -0.2) is 0 Å². The van der Waals surface area contributed by atoms with E-state index in [2.05, 4.69) is 0 Å². The Labute approximate surface area is 165 Å². The molecule has 1 heterocycles. The summed E-state index contributed by atoms with van der Waals surface area (Å²) in [6.45, 7) is 0.564. The molecule has 3 rings (SSSR count). The highest BCUT2D eigenvalue weighted by atomic mass is 16.5. The van der Waals surface area contributed by atoms with E-state index in [-0.39, 0.29) is 11.7 Å². The van der Waals surface area contributed by atoms with Gasteiger partial charge >= 0.3 is 0 Å². The highest BCUT2D eigenvalue weighted by Gasteiger charge is 2.34. The van der Waals surface area contributed by atoms with Gasteiger partial charge in [0.25, 0.3) is 5.91 Å². The molecule has 0 aromatic heterocycles. The second-order valence-corrected chi connectivity index (χ2v) is 6.65. The number of hydrogen-bond acceptors (Lipinski definition) is 5. The molecule has 1 aliphatic rings. The Morgan fingerprint density at radius 3 is 2.11 bits per heavy atom. The number of rotatable bonds is 6. The van der Waals surface area contributed by atoms with E-state index < -0.39 is 6.04 Å². The minimum Gasteiger partial charge on any atom is -0.493 e. The molecule has 1 saturated heterocycles. The minimum atomic E-state index is -0.510. The van der Waals surface area contributed by atoms with Crippen LogP contribution in [0.5, 0.6) is 17.2 Å². The van der Waals surface area contributed by atoms with E-state index >= 15 is 0 Å². The summed E-state index contributed by atoms with van der Waals surface area (Å²) in [4.78, 5) is 28.0. The van der Waals surface area contributed by atoms with Crippen LogP contribution in [0, 0.1) is 0 Å². The Hall–Kier alpha value is -3.02. The van der Waals surface area contributed by atoms with Crippen molar-refractivity contribution in [3.63, 3.8) is 0 Å². The molecular weight excluding hydrogens is 358 g/mol. The van der Waals surface area contributed by atoms with E-state index in [0.717, 1.165) is 12.8 Å². The molecule has 28 heavy (non-hydrogen) atoms. The number of ketones is 1. The van der Waals surface area contributed by atoms with Crippen LogP contribution in [0.25, 0.3) is 0 Å². The summed E-state index contributed by atoms with van der Waals surface area (Å²) in [5, 5.41) is 0. The molecule has 1 amide bonds. The normalized spacial score (nSPS) is 16.4. The first-order chi connectivity index (χ1) is 13.6. The highest BCUT2D eigenvalue weighted by Crippen LogP contribution is 2.39. The fourth-order valence-electron chi connectivity index (χ4n) is 3.61.